The fraction of sp³-hybridized carbons (Fsp3) is 0.941. The molecule has 3 saturated carbocycles. The van der Waals surface area contributed by atoms with Crippen molar-refractivity contribution in [2.75, 3.05) is 47.5 Å². The first-order chi connectivity index (χ1) is 19.1. The smallest absolute Gasteiger partial charge is 0.375 e. The van der Waals surface area contributed by atoms with Crippen LogP contribution in [0.5, 0.6) is 0 Å². The van der Waals surface area contributed by atoms with Gasteiger partial charge in [-0.3, -0.25) is 9.05 Å². The van der Waals surface area contributed by atoms with Crippen LogP contribution in [0.4, 0.5) is 0 Å². The molecule has 6 nitrogen and oxygen atoms in total. The Labute approximate surface area is 252 Å². The van der Waals surface area contributed by atoms with Crippen LogP contribution in [0.1, 0.15) is 105 Å². The minimum absolute atomic E-state index is 0.0764. The maximum Gasteiger partial charge on any atom is 0.472 e. The maximum absolute atomic E-state index is 12.2. The molecule has 4 aliphatic carbocycles. The topological polar surface area (TPSA) is 65.0 Å². The van der Waals surface area contributed by atoms with Crippen molar-refractivity contribution < 1.29 is 27.7 Å². The molecular formula is C34H63NO5P+. The van der Waals surface area contributed by atoms with Crippen molar-refractivity contribution in [1.29, 1.82) is 0 Å². The van der Waals surface area contributed by atoms with Crippen LogP contribution in [0.25, 0.3) is 0 Å². The van der Waals surface area contributed by atoms with Crippen molar-refractivity contribution in [1.82, 2.24) is 0 Å². The quantitative estimate of drug-likeness (QED) is 0.0947. The summed E-state index contributed by atoms with van der Waals surface area (Å²) in [6.07, 6.45) is 17.1. The molecule has 0 amide bonds. The zero-order valence-corrected chi connectivity index (χ0v) is 28.6. The molecule has 7 heteroatoms. The van der Waals surface area contributed by atoms with E-state index in [4.69, 9.17) is 13.8 Å². The SMILES string of the molecule is CC(C)CCC[C@@H](C)[C@H]1CC[C@H]2[C@@H]3CC=C4CC(OCCOP(=O)(O)OCC[N+](C)(C)C)CC[C@]4(C)[C@H]3CC[C@]12C. The molecule has 9 atom stereocenters. The van der Waals surface area contributed by atoms with Crippen molar-refractivity contribution in [3.8, 4) is 0 Å². The molecule has 0 aliphatic heterocycles. The number of ether oxygens (including phenoxy) is 1. The van der Waals surface area contributed by atoms with E-state index in [-0.39, 0.29) is 19.3 Å². The van der Waals surface area contributed by atoms with Crippen molar-refractivity contribution in [3.05, 3.63) is 11.6 Å². The molecule has 0 aromatic rings. The molecule has 2 unspecified atom stereocenters. The van der Waals surface area contributed by atoms with Gasteiger partial charge in [0.1, 0.15) is 13.2 Å². The van der Waals surface area contributed by atoms with E-state index >= 15 is 0 Å². The van der Waals surface area contributed by atoms with E-state index in [1.165, 1.54) is 57.8 Å². The number of phosphoric ester groups is 1. The van der Waals surface area contributed by atoms with E-state index in [2.05, 4.69) is 40.7 Å². The molecule has 0 saturated heterocycles. The first-order valence-corrected chi connectivity index (χ1v) is 18.4. The Morgan fingerprint density at radius 2 is 1.71 bits per heavy atom. The van der Waals surface area contributed by atoms with Gasteiger partial charge in [-0.2, -0.15) is 0 Å². The first kappa shape index (κ1) is 33.7. The number of hydrogen-bond acceptors (Lipinski definition) is 4. The van der Waals surface area contributed by atoms with Gasteiger partial charge in [0.25, 0.3) is 0 Å². The predicted molar refractivity (Wildman–Crippen MR) is 167 cm³/mol. The summed E-state index contributed by atoms with van der Waals surface area (Å²) < 4.78 is 29.3. The zero-order valence-electron chi connectivity index (χ0n) is 27.7. The van der Waals surface area contributed by atoms with E-state index in [1.54, 1.807) is 5.57 Å². The summed E-state index contributed by atoms with van der Waals surface area (Å²) >= 11 is 0. The predicted octanol–water partition coefficient (Wildman–Crippen LogP) is 8.25. The second-order valence-electron chi connectivity index (χ2n) is 16.2. The lowest BCUT2D eigenvalue weighted by molar-refractivity contribution is -0.870. The molecule has 1 N–H and O–H groups in total. The van der Waals surface area contributed by atoms with Crippen molar-refractivity contribution >= 4 is 7.82 Å². The van der Waals surface area contributed by atoms with Crippen LogP contribution in [0, 0.1) is 46.3 Å². The zero-order chi connectivity index (χ0) is 30.1. The molecular weight excluding hydrogens is 533 g/mol. The van der Waals surface area contributed by atoms with Crippen molar-refractivity contribution in [3.63, 3.8) is 0 Å². The highest BCUT2D eigenvalue weighted by molar-refractivity contribution is 7.47. The first-order valence-electron chi connectivity index (χ1n) is 16.9. The fourth-order valence-electron chi connectivity index (χ4n) is 9.63. The summed E-state index contributed by atoms with van der Waals surface area (Å²) in [5, 5.41) is 0. The highest BCUT2D eigenvalue weighted by Gasteiger charge is 2.59. The van der Waals surface area contributed by atoms with Crippen LogP contribution < -0.4 is 0 Å². The maximum atomic E-state index is 12.2. The molecule has 0 spiro atoms. The highest BCUT2D eigenvalue weighted by Crippen LogP contribution is 2.67. The monoisotopic (exact) mass is 596 g/mol. The summed E-state index contributed by atoms with van der Waals surface area (Å²) in [6, 6.07) is 0. The molecule has 0 aromatic carbocycles. The molecule has 0 aromatic heterocycles. The van der Waals surface area contributed by atoms with Crippen LogP contribution in [0.3, 0.4) is 0 Å². The number of nitrogens with zero attached hydrogens (tertiary/aromatic N) is 1. The third kappa shape index (κ3) is 8.08. The average molecular weight is 597 g/mol. The van der Waals surface area contributed by atoms with Gasteiger partial charge in [0.05, 0.1) is 40.5 Å². The van der Waals surface area contributed by atoms with Gasteiger partial charge in [-0.25, -0.2) is 4.57 Å². The Bertz CT molecular complexity index is 946. The second-order valence-corrected chi connectivity index (χ2v) is 17.6. The lowest BCUT2D eigenvalue weighted by atomic mass is 9.47. The molecule has 4 rings (SSSR count). The molecule has 0 bridgehead atoms. The molecule has 0 radical (unpaired) electrons. The van der Waals surface area contributed by atoms with Gasteiger partial charge in [-0.05, 0) is 97.7 Å². The lowest BCUT2D eigenvalue weighted by Gasteiger charge is -2.58. The summed E-state index contributed by atoms with van der Waals surface area (Å²) in [6.45, 7) is 13.8. The largest absolute Gasteiger partial charge is 0.472 e. The van der Waals surface area contributed by atoms with E-state index in [0.29, 0.717) is 28.5 Å². The van der Waals surface area contributed by atoms with Crippen LogP contribution in [0.2, 0.25) is 0 Å². The number of fused-ring (bicyclic) bond motifs is 5. The molecule has 238 valence electrons. The van der Waals surface area contributed by atoms with E-state index < -0.39 is 7.82 Å². The van der Waals surface area contributed by atoms with Gasteiger partial charge in [-0.1, -0.05) is 65.5 Å². The number of rotatable bonds is 14. The van der Waals surface area contributed by atoms with Crippen LogP contribution in [-0.4, -0.2) is 63.0 Å². The number of allylic oxidation sites excluding steroid dienone is 1. The second kappa shape index (κ2) is 13.4. The van der Waals surface area contributed by atoms with Crippen molar-refractivity contribution in [2.45, 2.75) is 111 Å². The number of quaternary nitrogens is 1. The van der Waals surface area contributed by atoms with Gasteiger partial charge in [0.15, 0.2) is 0 Å². The summed E-state index contributed by atoms with van der Waals surface area (Å²) in [5.41, 5.74) is 2.46. The Balaban J connectivity index is 1.27. The minimum atomic E-state index is -4.04. The fourth-order valence-corrected chi connectivity index (χ4v) is 10.3. The van der Waals surface area contributed by atoms with E-state index in [1.807, 2.05) is 21.1 Å². The minimum Gasteiger partial charge on any atom is -0.375 e. The summed E-state index contributed by atoms with van der Waals surface area (Å²) in [4.78, 5) is 9.97. The van der Waals surface area contributed by atoms with Gasteiger partial charge < -0.3 is 14.1 Å². The Hall–Kier alpha value is -0.230. The van der Waals surface area contributed by atoms with Crippen LogP contribution in [0.15, 0.2) is 11.6 Å². The van der Waals surface area contributed by atoms with Gasteiger partial charge >= 0.3 is 7.82 Å². The van der Waals surface area contributed by atoms with Crippen LogP contribution in [-0.2, 0) is 18.3 Å². The average Bonchev–Trinajstić information content (AvgIpc) is 3.23. The third-order valence-electron chi connectivity index (χ3n) is 12.0. The molecule has 41 heavy (non-hydrogen) atoms. The number of likely N-dealkylation sites (N-methyl/N-ethyl adjacent to an activating group) is 1. The highest BCUT2D eigenvalue weighted by atomic mass is 31.2. The van der Waals surface area contributed by atoms with Gasteiger partial charge in [-0.15, -0.1) is 0 Å². The summed E-state index contributed by atoms with van der Waals surface area (Å²) in [5.74, 6) is 5.13. The number of hydrogen-bond donors (Lipinski definition) is 1. The third-order valence-corrected chi connectivity index (χ3v) is 13.0. The summed E-state index contributed by atoms with van der Waals surface area (Å²) in [7, 11) is 2.02. The Kier molecular flexibility index (Phi) is 11.0. The van der Waals surface area contributed by atoms with Gasteiger partial charge in [0, 0.05) is 0 Å². The molecule has 0 heterocycles. The Morgan fingerprint density at radius 1 is 0.976 bits per heavy atom. The standard InChI is InChI=1S/C34H62NO5P/c1-25(2)10-9-11-26(3)30-14-15-31-29-13-12-27-24-28(16-18-33(27,4)32(29)17-19-34(30,31)5)38-22-23-40-41(36,37)39-21-20-35(6,7)8/h12,25-26,28-32H,9-11,13-24H2,1-8H3/p+1/t26-,28?,29+,30-,31+,32+,33+,34-/m1/s1. The molecule has 4 aliphatic rings. The van der Waals surface area contributed by atoms with Gasteiger partial charge in [0.2, 0.25) is 0 Å². The number of phosphoric acid groups is 1. The lowest BCUT2D eigenvalue weighted by Crippen LogP contribution is -2.51. The Morgan fingerprint density at radius 3 is 2.41 bits per heavy atom. The van der Waals surface area contributed by atoms with E-state index in [9.17, 15) is 9.46 Å². The molecule has 3 fully saturated rings. The van der Waals surface area contributed by atoms with E-state index in [0.717, 1.165) is 48.3 Å². The van der Waals surface area contributed by atoms with Crippen LogP contribution >= 0.6 is 7.82 Å². The van der Waals surface area contributed by atoms with Crippen molar-refractivity contribution in [2.24, 2.45) is 46.3 Å². The normalized spacial score (nSPS) is 37.6.